The van der Waals surface area contributed by atoms with E-state index in [1.807, 2.05) is 59.5 Å². The Morgan fingerprint density at radius 3 is 2.20 bits per heavy atom. The van der Waals surface area contributed by atoms with Crippen molar-refractivity contribution in [1.29, 1.82) is 0 Å². The van der Waals surface area contributed by atoms with Gasteiger partial charge >= 0.3 is 0 Å². The van der Waals surface area contributed by atoms with Crippen LogP contribution in [0.2, 0.25) is 5.02 Å². The highest BCUT2D eigenvalue weighted by Crippen LogP contribution is 2.30. The second-order valence-corrected chi connectivity index (χ2v) is 8.17. The lowest BCUT2D eigenvalue weighted by molar-refractivity contribution is 0.0751. The van der Waals surface area contributed by atoms with Gasteiger partial charge < -0.3 is 4.90 Å². The summed E-state index contributed by atoms with van der Waals surface area (Å²) in [6.07, 6.45) is 6.64. The molecule has 0 spiro atoms. The SMILES string of the molecule is CCCCCN(CCCCC)C(=O)c1cc(-c2ccccc2Cl)nc2ccccc12. The molecule has 3 aromatic rings. The van der Waals surface area contributed by atoms with Gasteiger partial charge in [0.2, 0.25) is 0 Å². The van der Waals surface area contributed by atoms with E-state index >= 15 is 0 Å². The first-order chi connectivity index (χ1) is 14.7. The van der Waals surface area contributed by atoms with E-state index in [0.29, 0.717) is 10.6 Å². The van der Waals surface area contributed by atoms with Gasteiger partial charge in [-0.3, -0.25) is 4.79 Å². The molecule has 0 bridgehead atoms. The van der Waals surface area contributed by atoms with Gasteiger partial charge in [-0.15, -0.1) is 0 Å². The Hall–Kier alpha value is -2.39. The van der Waals surface area contributed by atoms with Crippen molar-refractivity contribution in [2.24, 2.45) is 0 Å². The molecule has 0 aliphatic heterocycles. The Balaban J connectivity index is 2.02. The second kappa shape index (κ2) is 11.1. The van der Waals surface area contributed by atoms with Crippen LogP contribution in [-0.2, 0) is 0 Å². The van der Waals surface area contributed by atoms with Gasteiger partial charge in [0, 0.05) is 29.1 Å². The predicted molar refractivity (Wildman–Crippen MR) is 127 cm³/mol. The molecule has 158 valence electrons. The summed E-state index contributed by atoms with van der Waals surface area (Å²) >= 11 is 6.44. The molecule has 0 atom stereocenters. The third-order valence-corrected chi connectivity index (χ3v) is 5.78. The Morgan fingerprint density at radius 2 is 1.53 bits per heavy atom. The van der Waals surface area contributed by atoms with E-state index in [9.17, 15) is 4.79 Å². The maximum atomic E-state index is 13.7. The molecule has 0 radical (unpaired) electrons. The molecule has 30 heavy (non-hydrogen) atoms. The molecule has 1 aromatic heterocycles. The van der Waals surface area contributed by atoms with Gasteiger partial charge in [-0.25, -0.2) is 4.98 Å². The highest BCUT2D eigenvalue weighted by atomic mass is 35.5. The number of hydrogen-bond donors (Lipinski definition) is 0. The number of unbranched alkanes of at least 4 members (excludes halogenated alkanes) is 4. The Kier molecular flexibility index (Phi) is 8.27. The van der Waals surface area contributed by atoms with Crippen molar-refractivity contribution in [3.8, 4) is 11.3 Å². The summed E-state index contributed by atoms with van der Waals surface area (Å²) in [5.41, 5.74) is 3.12. The Labute approximate surface area is 185 Å². The van der Waals surface area contributed by atoms with Gasteiger partial charge in [0.1, 0.15) is 0 Å². The van der Waals surface area contributed by atoms with E-state index in [4.69, 9.17) is 16.6 Å². The van der Waals surface area contributed by atoms with Crippen LogP contribution in [0.25, 0.3) is 22.2 Å². The van der Waals surface area contributed by atoms with Crippen LogP contribution in [0.15, 0.2) is 54.6 Å². The summed E-state index contributed by atoms with van der Waals surface area (Å²) in [5.74, 6) is 0.0918. The Bertz CT molecular complexity index is 976. The molecule has 0 saturated carbocycles. The van der Waals surface area contributed by atoms with E-state index in [-0.39, 0.29) is 5.91 Å². The van der Waals surface area contributed by atoms with Gasteiger partial charge in [0.05, 0.1) is 16.8 Å². The van der Waals surface area contributed by atoms with E-state index in [2.05, 4.69) is 13.8 Å². The van der Waals surface area contributed by atoms with Crippen molar-refractivity contribution < 1.29 is 4.79 Å². The highest BCUT2D eigenvalue weighted by molar-refractivity contribution is 6.33. The number of aromatic nitrogens is 1. The number of para-hydroxylation sites is 1. The summed E-state index contributed by atoms with van der Waals surface area (Å²) in [5, 5.41) is 1.54. The minimum atomic E-state index is 0.0918. The molecule has 1 heterocycles. The standard InChI is InChI=1S/C26H31ClN2O/c1-3-5-11-17-29(18-12-6-4-2)26(30)22-19-25(21-14-7-9-15-23(21)27)28-24-16-10-8-13-20(22)24/h7-10,13-16,19H,3-6,11-12,17-18H2,1-2H3. The molecule has 0 N–H and O–H groups in total. The molecule has 4 heteroatoms. The molecule has 0 aliphatic carbocycles. The fourth-order valence-electron chi connectivity index (χ4n) is 3.75. The lowest BCUT2D eigenvalue weighted by atomic mass is 10.0. The lowest BCUT2D eigenvalue weighted by Crippen LogP contribution is -2.33. The number of carbonyl (C=O) groups is 1. The zero-order valence-electron chi connectivity index (χ0n) is 18.0. The van der Waals surface area contributed by atoms with E-state index in [1.165, 1.54) is 0 Å². The molecule has 3 nitrogen and oxygen atoms in total. The number of fused-ring (bicyclic) bond motifs is 1. The van der Waals surface area contributed by atoms with Crippen molar-refractivity contribution in [3.05, 3.63) is 65.2 Å². The van der Waals surface area contributed by atoms with Crippen molar-refractivity contribution in [3.63, 3.8) is 0 Å². The highest BCUT2D eigenvalue weighted by Gasteiger charge is 2.20. The number of halogens is 1. The smallest absolute Gasteiger partial charge is 0.254 e. The molecule has 0 fully saturated rings. The quantitative estimate of drug-likeness (QED) is 0.319. The van der Waals surface area contributed by atoms with Crippen molar-refractivity contribution in [2.45, 2.75) is 52.4 Å². The number of pyridine rings is 1. The minimum absolute atomic E-state index is 0.0918. The van der Waals surface area contributed by atoms with Crippen LogP contribution >= 0.6 is 11.6 Å². The summed E-state index contributed by atoms with van der Waals surface area (Å²) in [4.78, 5) is 20.5. The molecule has 2 aromatic carbocycles. The van der Waals surface area contributed by atoms with Crippen LogP contribution < -0.4 is 0 Å². The van der Waals surface area contributed by atoms with Crippen molar-refractivity contribution in [2.75, 3.05) is 13.1 Å². The summed E-state index contributed by atoms with van der Waals surface area (Å²) in [6.45, 7) is 5.98. The number of benzene rings is 2. The van der Waals surface area contributed by atoms with Crippen LogP contribution in [0.3, 0.4) is 0 Å². The zero-order chi connectivity index (χ0) is 21.3. The monoisotopic (exact) mass is 422 g/mol. The number of rotatable bonds is 10. The van der Waals surface area contributed by atoms with Gasteiger partial charge in [-0.2, -0.15) is 0 Å². The van der Waals surface area contributed by atoms with Crippen LogP contribution in [0, 0.1) is 0 Å². The van der Waals surface area contributed by atoms with Crippen LogP contribution in [0.4, 0.5) is 0 Å². The average Bonchev–Trinajstić information content (AvgIpc) is 2.77. The van der Waals surface area contributed by atoms with E-state index in [1.54, 1.807) is 0 Å². The van der Waals surface area contributed by atoms with Crippen molar-refractivity contribution >= 4 is 28.4 Å². The van der Waals surface area contributed by atoms with Gasteiger partial charge in [-0.1, -0.05) is 87.5 Å². The van der Waals surface area contributed by atoms with Gasteiger partial charge in [-0.05, 0) is 31.0 Å². The predicted octanol–water partition coefficient (Wildman–Crippen LogP) is 7.38. The maximum Gasteiger partial charge on any atom is 0.254 e. The fraction of sp³-hybridized carbons (Fsp3) is 0.385. The van der Waals surface area contributed by atoms with Gasteiger partial charge in [0.15, 0.2) is 0 Å². The first-order valence-corrected chi connectivity index (χ1v) is 11.5. The third kappa shape index (κ3) is 5.40. The van der Waals surface area contributed by atoms with Crippen LogP contribution in [-0.4, -0.2) is 28.9 Å². The van der Waals surface area contributed by atoms with Crippen LogP contribution in [0.5, 0.6) is 0 Å². The second-order valence-electron chi connectivity index (χ2n) is 7.76. The zero-order valence-corrected chi connectivity index (χ0v) is 18.8. The first-order valence-electron chi connectivity index (χ1n) is 11.1. The normalized spacial score (nSPS) is 11.0. The summed E-state index contributed by atoms with van der Waals surface area (Å²) in [6, 6.07) is 17.5. The Morgan fingerprint density at radius 1 is 0.900 bits per heavy atom. The third-order valence-electron chi connectivity index (χ3n) is 5.45. The molecular formula is C26H31ClN2O. The number of amides is 1. The molecule has 0 unspecified atom stereocenters. The van der Waals surface area contributed by atoms with Crippen LogP contribution in [0.1, 0.15) is 62.7 Å². The lowest BCUT2D eigenvalue weighted by Gasteiger charge is -2.24. The first kappa shape index (κ1) is 22.3. The summed E-state index contributed by atoms with van der Waals surface area (Å²) in [7, 11) is 0. The summed E-state index contributed by atoms with van der Waals surface area (Å²) < 4.78 is 0. The van der Waals surface area contributed by atoms with Gasteiger partial charge in [0.25, 0.3) is 5.91 Å². The van der Waals surface area contributed by atoms with E-state index in [0.717, 1.165) is 73.8 Å². The number of hydrogen-bond acceptors (Lipinski definition) is 2. The largest absolute Gasteiger partial charge is 0.339 e. The average molecular weight is 423 g/mol. The number of nitrogens with zero attached hydrogens (tertiary/aromatic N) is 2. The topological polar surface area (TPSA) is 33.2 Å². The van der Waals surface area contributed by atoms with E-state index < -0.39 is 0 Å². The molecule has 0 saturated heterocycles. The fourth-order valence-corrected chi connectivity index (χ4v) is 3.98. The molecular weight excluding hydrogens is 392 g/mol. The molecule has 0 aliphatic rings. The minimum Gasteiger partial charge on any atom is -0.339 e. The van der Waals surface area contributed by atoms with Crippen molar-refractivity contribution in [1.82, 2.24) is 9.88 Å². The molecule has 3 rings (SSSR count). The molecule has 1 amide bonds. The maximum absolute atomic E-state index is 13.7. The number of carbonyl (C=O) groups excluding carboxylic acids is 1.